The van der Waals surface area contributed by atoms with Crippen LogP contribution in [0.4, 0.5) is 22.4 Å². The number of thioether (sulfide) groups is 2. The molecule has 47 nitrogen and oxygen atoms in total. The second-order valence-corrected chi connectivity index (χ2v) is 36.2. The Kier molecular flexibility index (Phi) is 41.7. The van der Waals surface area contributed by atoms with Crippen molar-refractivity contribution in [3.05, 3.63) is 60.2 Å². The molecule has 5 aromatic rings. The number of carbonyl (C=O) groups excluding carboxylic acids is 12. The van der Waals surface area contributed by atoms with E-state index >= 15 is 0 Å². The lowest BCUT2D eigenvalue weighted by Crippen LogP contribution is -2.59. The number of primary amides is 1. The van der Waals surface area contributed by atoms with Gasteiger partial charge in [-0.25, -0.2) is 14.0 Å². The fourth-order valence-electron chi connectivity index (χ4n) is 15.6. The molecule has 8 rings (SSSR count). The molecular weight excluding hydrogens is 1800 g/mol. The predicted molar refractivity (Wildman–Crippen MR) is 502 cm³/mol. The number of aromatic nitrogens is 3. The molecule has 0 radical (unpaired) electrons. The van der Waals surface area contributed by atoms with Gasteiger partial charge in [0.05, 0.1) is 53.7 Å². The van der Waals surface area contributed by atoms with Crippen LogP contribution in [0.5, 0.6) is 11.5 Å². The van der Waals surface area contributed by atoms with Crippen LogP contribution in [0.3, 0.4) is 0 Å². The van der Waals surface area contributed by atoms with Gasteiger partial charge in [0.25, 0.3) is 0 Å². The second kappa shape index (κ2) is 52.7. The molecule has 3 aliphatic heterocycles. The molecule has 0 spiro atoms. The molecule has 3 aromatic carbocycles. The van der Waals surface area contributed by atoms with E-state index in [1.807, 2.05) is 0 Å². The molecule has 0 bridgehead atoms. The Morgan fingerprint density at radius 2 is 1.12 bits per heavy atom. The third-order valence-corrected chi connectivity index (χ3v) is 24.5. The number of hydrogen-bond donors (Lipinski definition) is 28. The van der Waals surface area contributed by atoms with Crippen molar-refractivity contribution in [3.63, 3.8) is 0 Å². The van der Waals surface area contributed by atoms with Gasteiger partial charge in [0.1, 0.15) is 65.9 Å². The number of aliphatic hydroxyl groups is 1. The number of carboxylic acid groups (broad SMARTS) is 2. The van der Waals surface area contributed by atoms with Crippen molar-refractivity contribution in [3.8, 4) is 22.6 Å². The van der Waals surface area contributed by atoms with E-state index in [4.69, 9.17) is 43.6 Å². The van der Waals surface area contributed by atoms with Gasteiger partial charge in [0.15, 0.2) is 23.0 Å². The lowest BCUT2D eigenvalue weighted by Gasteiger charge is -2.30. The summed E-state index contributed by atoms with van der Waals surface area (Å²) in [6, 6.07) is 0.640. The van der Waals surface area contributed by atoms with Gasteiger partial charge in [-0.05, 0) is 163 Å². The van der Waals surface area contributed by atoms with E-state index < -0.39 is 151 Å². The molecule has 5 heterocycles. The summed E-state index contributed by atoms with van der Waals surface area (Å²) >= 11 is 2.82. The summed E-state index contributed by atoms with van der Waals surface area (Å²) in [6.07, 6.45) is 1.96. The summed E-state index contributed by atoms with van der Waals surface area (Å²) in [5.74, 6) is -12.8. The molecule has 32 N–H and O–H groups in total. The molecule has 3 aliphatic rings. The number of aliphatic carboxylic acids is 1. The third kappa shape index (κ3) is 34.1. The maximum absolute atomic E-state index is 14.9. The minimum Gasteiger partial charge on any atom is -0.508 e. The first-order valence-corrected chi connectivity index (χ1v) is 46.8. The highest BCUT2D eigenvalue weighted by molar-refractivity contribution is 8.00. The number of phenolic OH excluding ortho intramolecular Hbond substituents is 2. The number of likely N-dealkylation sites (tertiary alicyclic amines) is 1. The smallest absolute Gasteiger partial charge is 0.365 e. The SMILES string of the molecule is CC(C)C[C@H](NC(=O)CNC(=O)[C@H](CC(C)C)NC(=O)[C@@H]1CCCN1C(=O)[C@H](CCCNC(=N)N)NC(=O)CCCCC1SCC2NC(=O)NC21)C(=O)N[C@@H](CCCCNc1nc(Nc2ccc(-c3c4ccc(O)cc4[o+]c4cc(O)ccc34)c(C(=O)O)c2)nc(SCCO)n1)C(=O)N[C@@H](C)C(=O)N[C@@H](CCCNC(=N)N)C(=O)N[C@@H](CCC(=O)O)C(=O)N[C@@H](CCCNC(=N)N)C(N)=O. The standard InChI is InChI=1S/C86H125N27O20S2/c1-43(2)36-58(107-77(128)61-18-13-33-113(61)78(129)57(17-12-32-96-82(92)93)101-65(117)20-7-6-19-64-69-60(42-135-64)108-85(132)109-69)72(123)98-41-66(118)102-59(37-44(3)4)76(127)105-54(73(124)99-45(5)71(122)104-55(16-11-31-95-81(90)91)74(125)106-56(27-28-67(119)120)75(126)103-53(70(87)121)15-10-30-94-80(88)89)14-8-9-29-97-83-110-84(112-86(111-83)134-35-34-114)100-46-21-24-49(52(38-46)79(130)131)68-50-25-22-47(115)39-62(50)133-63-40-48(116)23-26-51(63)68/h21-26,38-40,43-45,53-61,64,69,114H,6-20,27-37,41-42H2,1-5H3,(H30-,87,88,89,90,91,92,93,94,95,96,97,98,99,100,101,102,103,104,105,106,107,108,109,110,111,112,115,116,117,118,119,120,121,122,123,124,125,126,127,128,130,131,132)/p+1/t45-,53-,54-,55-,56-,57-,58-,59-,60?,61-,64?,69?/m0/s1. The number of nitrogens with one attached hydrogen (secondary N) is 19. The number of hydrogen-bond acceptors (Lipinski definition) is 27. The first-order valence-electron chi connectivity index (χ1n) is 44.8. The van der Waals surface area contributed by atoms with Crippen LogP contribution < -0.4 is 108 Å². The Morgan fingerprint density at radius 3 is 1.70 bits per heavy atom. The number of carbonyl (C=O) groups is 14. The van der Waals surface area contributed by atoms with Crippen molar-refractivity contribution < 1.29 is 97.1 Å². The number of fused-ring (bicyclic) bond motifs is 3. The maximum atomic E-state index is 14.9. The fourth-order valence-corrected chi connectivity index (χ4v) is 17.7. The number of phenols is 2. The fraction of sp³-hybridized carbons (Fsp3) is 0.547. The quantitative estimate of drug-likeness (QED) is 0.00470. The summed E-state index contributed by atoms with van der Waals surface area (Å²) in [5.41, 5.74) is 23.1. The van der Waals surface area contributed by atoms with E-state index in [2.05, 4.69) is 100 Å². The molecule has 0 saturated carbocycles. The normalized spacial score (nSPS) is 16.7. The minimum atomic E-state index is -1.64. The first kappa shape index (κ1) is 107. The van der Waals surface area contributed by atoms with Crippen molar-refractivity contribution >= 4 is 164 Å². The number of aromatic carboxylic acids is 1. The summed E-state index contributed by atoms with van der Waals surface area (Å²) in [4.78, 5) is 208. The van der Waals surface area contributed by atoms with Crippen LogP contribution in [0.25, 0.3) is 33.1 Å². The van der Waals surface area contributed by atoms with Gasteiger partial charge >= 0.3 is 29.1 Å². The number of nitrogens with two attached hydrogens (primary N) is 4. The Hall–Kier alpha value is -13.6. The van der Waals surface area contributed by atoms with Crippen LogP contribution in [0.1, 0.15) is 167 Å². The molecule has 49 heteroatoms. The Balaban J connectivity index is 0.981. The number of anilines is 3. The summed E-state index contributed by atoms with van der Waals surface area (Å²) in [5, 5.41) is 118. The zero-order valence-corrected chi connectivity index (χ0v) is 77.5. The van der Waals surface area contributed by atoms with Crippen LogP contribution >= 0.6 is 23.5 Å². The van der Waals surface area contributed by atoms with Gasteiger partial charge in [0, 0.05) is 73.6 Å². The topological polar surface area (TPSA) is 761 Å². The highest BCUT2D eigenvalue weighted by Gasteiger charge is 2.44. The second-order valence-electron chi connectivity index (χ2n) is 33.9. The summed E-state index contributed by atoms with van der Waals surface area (Å²) in [6.45, 7) is 7.86. The number of guanidine groups is 3. The van der Waals surface area contributed by atoms with Gasteiger partial charge in [-0.3, -0.25) is 73.8 Å². The monoisotopic (exact) mass is 1920 g/mol. The van der Waals surface area contributed by atoms with Crippen LogP contribution in [-0.2, 0) is 57.5 Å². The van der Waals surface area contributed by atoms with Gasteiger partial charge in [-0.2, -0.15) is 26.7 Å². The molecule has 3 saturated heterocycles. The van der Waals surface area contributed by atoms with Gasteiger partial charge in [-0.15, -0.1) is 0 Å². The van der Waals surface area contributed by atoms with Crippen LogP contribution in [0.2, 0.25) is 0 Å². The van der Waals surface area contributed by atoms with Crippen molar-refractivity contribution in [1.82, 2.24) is 94.3 Å². The lowest BCUT2D eigenvalue weighted by atomic mass is 9.93. The minimum absolute atomic E-state index is 0.000476. The molecule has 3 unspecified atom stereocenters. The lowest BCUT2D eigenvalue weighted by molar-refractivity contribution is -0.142. The summed E-state index contributed by atoms with van der Waals surface area (Å²) in [7, 11) is 0. The van der Waals surface area contributed by atoms with Crippen LogP contribution in [0.15, 0.2) is 64.2 Å². The van der Waals surface area contributed by atoms with Gasteiger partial charge < -0.3 is 138 Å². The average Bonchev–Trinajstić information content (AvgIpc) is 1.52. The van der Waals surface area contributed by atoms with Crippen molar-refractivity contribution in [2.24, 2.45) is 34.8 Å². The number of aromatic hydroxyl groups is 2. The number of carboxylic acids is 2. The van der Waals surface area contributed by atoms with E-state index in [0.29, 0.717) is 42.0 Å². The summed E-state index contributed by atoms with van der Waals surface area (Å²) < 4.78 is 6.03. The number of urea groups is 1. The average molecular weight is 1920 g/mol. The molecule has 736 valence electrons. The van der Waals surface area contributed by atoms with Crippen LogP contribution in [-0.4, -0.2) is 275 Å². The number of benzene rings is 3. The van der Waals surface area contributed by atoms with E-state index in [1.165, 1.54) is 42.2 Å². The zero-order chi connectivity index (χ0) is 98.7. The number of amides is 13. The van der Waals surface area contributed by atoms with Crippen molar-refractivity contribution in [1.29, 1.82) is 16.2 Å². The molecule has 13 amide bonds. The number of unbranched alkanes of at least 4 members (excludes halogenated alkanes) is 2. The Labute approximate surface area is 786 Å². The highest BCUT2D eigenvalue weighted by atomic mass is 32.2. The molecular formula is C86H126N27O20S2+. The van der Waals surface area contributed by atoms with Gasteiger partial charge in [-0.1, -0.05) is 51.9 Å². The van der Waals surface area contributed by atoms with E-state index in [0.717, 1.165) is 23.9 Å². The maximum Gasteiger partial charge on any atom is 0.365 e. The van der Waals surface area contributed by atoms with E-state index in [1.54, 1.807) is 63.7 Å². The zero-order valence-electron chi connectivity index (χ0n) is 75.9. The van der Waals surface area contributed by atoms with E-state index in [-0.39, 0.29) is 232 Å². The van der Waals surface area contributed by atoms with E-state index in [9.17, 15) is 92.7 Å². The van der Waals surface area contributed by atoms with Crippen LogP contribution in [0, 0.1) is 28.1 Å². The predicted octanol–water partition coefficient (Wildman–Crippen LogP) is 0.202. The highest BCUT2D eigenvalue weighted by Crippen LogP contribution is 2.42. The van der Waals surface area contributed by atoms with Crippen molar-refractivity contribution in [2.75, 3.05) is 68.0 Å². The number of aliphatic hydroxyl groups excluding tert-OH is 1. The Bertz CT molecular complexity index is 5040. The first-order chi connectivity index (χ1) is 64.2. The number of nitrogens with zero attached hydrogens (tertiary/aromatic N) is 4. The molecule has 0 aliphatic carbocycles. The van der Waals surface area contributed by atoms with Gasteiger partial charge in [0.2, 0.25) is 76.9 Å². The number of rotatable bonds is 56. The molecule has 135 heavy (non-hydrogen) atoms. The third-order valence-electron chi connectivity index (χ3n) is 22.2. The molecule has 12 atom stereocenters. The van der Waals surface area contributed by atoms with Crippen molar-refractivity contribution in [2.45, 2.75) is 233 Å². The molecule has 3 fully saturated rings. The molecule has 2 aromatic heterocycles. The Morgan fingerprint density at radius 1 is 0.570 bits per heavy atom. The largest absolute Gasteiger partial charge is 0.508 e.